The Morgan fingerprint density at radius 3 is 2.79 bits per heavy atom. The van der Waals surface area contributed by atoms with Gasteiger partial charge in [0.2, 0.25) is 0 Å². The van der Waals surface area contributed by atoms with Crippen molar-refractivity contribution in [3.63, 3.8) is 0 Å². The molecular weight excluding hydrogens is 258 g/mol. The van der Waals surface area contributed by atoms with Gasteiger partial charge in [0.1, 0.15) is 0 Å². The first kappa shape index (κ1) is 14.4. The number of rotatable bonds is 5. The van der Waals surface area contributed by atoms with Crippen LogP contribution in [0, 0.1) is 5.92 Å². The molecule has 1 aliphatic rings. The van der Waals surface area contributed by atoms with Crippen molar-refractivity contribution in [3.05, 3.63) is 34.9 Å². The van der Waals surface area contributed by atoms with E-state index in [0.717, 1.165) is 10.6 Å². The minimum Gasteiger partial charge on any atom is -0.361 e. The van der Waals surface area contributed by atoms with Crippen LogP contribution >= 0.6 is 11.6 Å². The molecule has 4 heteroatoms. The van der Waals surface area contributed by atoms with Crippen LogP contribution in [0.4, 0.5) is 0 Å². The summed E-state index contributed by atoms with van der Waals surface area (Å²) in [6.45, 7) is 0.587. The predicted octanol–water partition coefficient (Wildman–Crippen LogP) is 3.32. The summed E-state index contributed by atoms with van der Waals surface area (Å²) in [7, 11) is 0. The molecule has 0 radical (unpaired) electrons. The fourth-order valence-corrected chi connectivity index (χ4v) is 2.73. The molecule has 0 aromatic heterocycles. The van der Waals surface area contributed by atoms with Crippen LogP contribution in [0.1, 0.15) is 37.7 Å². The van der Waals surface area contributed by atoms with Gasteiger partial charge in [-0.05, 0) is 30.4 Å². The first-order valence-corrected chi connectivity index (χ1v) is 7.38. The Hall–Kier alpha value is -1.06. The number of halogens is 1. The molecule has 19 heavy (non-hydrogen) atoms. The van der Waals surface area contributed by atoms with Gasteiger partial charge >= 0.3 is 0 Å². The molecule has 104 valence electrons. The lowest BCUT2D eigenvalue weighted by molar-refractivity contribution is 0.294. The minimum absolute atomic E-state index is 0.0234. The first-order chi connectivity index (χ1) is 9.27. The molecule has 3 nitrogen and oxygen atoms in total. The number of hydrogen-bond donors (Lipinski definition) is 2. The summed E-state index contributed by atoms with van der Waals surface area (Å²) in [5.41, 5.74) is 7.16. The molecule has 1 atom stereocenters. The molecule has 1 aliphatic carbocycles. The molecule has 0 spiro atoms. The first-order valence-electron chi connectivity index (χ1n) is 7.00. The molecule has 0 amide bonds. The smallest absolute Gasteiger partial charge is 0.0840 e. The Morgan fingerprint density at radius 1 is 1.32 bits per heavy atom. The zero-order valence-corrected chi connectivity index (χ0v) is 11.9. The lowest BCUT2D eigenvalue weighted by atomic mass is 9.87. The monoisotopic (exact) mass is 279 g/mol. The number of benzene rings is 1. The van der Waals surface area contributed by atoms with Gasteiger partial charge in [-0.25, -0.2) is 0 Å². The van der Waals surface area contributed by atoms with Crippen molar-refractivity contribution in [3.8, 4) is 0 Å². The molecule has 3 N–H and O–H groups in total. The summed E-state index contributed by atoms with van der Waals surface area (Å²) in [6, 6.07) is 7.76. The molecule has 0 saturated heterocycles. The maximum atomic E-state index is 6.13. The van der Waals surface area contributed by atoms with E-state index < -0.39 is 0 Å². The van der Waals surface area contributed by atoms with E-state index in [9.17, 15) is 0 Å². The third kappa shape index (κ3) is 4.51. The van der Waals surface area contributed by atoms with Crippen LogP contribution in [0.5, 0.6) is 0 Å². The SMILES string of the molecule is NC(NC=NCc1ccccc1Cl)C1CCCCC1. The van der Waals surface area contributed by atoms with E-state index in [1.165, 1.54) is 32.1 Å². The highest BCUT2D eigenvalue weighted by molar-refractivity contribution is 6.31. The van der Waals surface area contributed by atoms with Gasteiger partial charge in [-0.2, -0.15) is 0 Å². The van der Waals surface area contributed by atoms with Crippen molar-refractivity contribution in [1.82, 2.24) is 5.32 Å². The van der Waals surface area contributed by atoms with E-state index in [0.29, 0.717) is 12.5 Å². The van der Waals surface area contributed by atoms with Crippen LogP contribution < -0.4 is 11.1 Å². The maximum Gasteiger partial charge on any atom is 0.0840 e. The van der Waals surface area contributed by atoms with Crippen LogP contribution in [-0.2, 0) is 6.54 Å². The normalized spacial score (nSPS) is 18.6. The van der Waals surface area contributed by atoms with Crippen molar-refractivity contribution in [2.75, 3.05) is 0 Å². The van der Waals surface area contributed by atoms with Gasteiger partial charge in [-0.3, -0.25) is 4.99 Å². The average molecular weight is 280 g/mol. The van der Waals surface area contributed by atoms with Crippen molar-refractivity contribution >= 4 is 17.9 Å². The standard InChI is InChI=1S/C15H22ClN3/c16-14-9-5-4-8-13(14)10-18-11-19-15(17)12-6-2-1-3-7-12/h4-5,8-9,11-12,15H,1-3,6-7,10,17H2,(H,18,19). The second-order valence-electron chi connectivity index (χ2n) is 5.15. The Labute approximate surface area is 120 Å². The van der Waals surface area contributed by atoms with Crippen LogP contribution in [0.3, 0.4) is 0 Å². The summed E-state index contributed by atoms with van der Waals surface area (Å²) in [6.07, 6.45) is 8.16. The van der Waals surface area contributed by atoms with Crippen molar-refractivity contribution in [2.24, 2.45) is 16.6 Å². The van der Waals surface area contributed by atoms with Crippen molar-refractivity contribution in [1.29, 1.82) is 0 Å². The molecular formula is C15H22ClN3. The van der Waals surface area contributed by atoms with Crippen LogP contribution in [0.15, 0.2) is 29.3 Å². The summed E-state index contributed by atoms with van der Waals surface area (Å²) in [4.78, 5) is 4.34. The quantitative estimate of drug-likeness (QED) is 0.493. The molecule has 0 bridgehead atoms. The highest BCUT2D eigenvalue weighted by atomic mass is 35.5. The number of hydrogen-bond acceptors (Lipinski definition) is 2. The molecule has 1 fully saturated rings. The van der Waals surface area contributed by atoms with Crippen LogP contribution in [0.25, 0.3) is 0 Å². The summed E-state index contributed by atoms with van der Waals surface area (Å²) >= 11 is 6.07. The molecule has 0 aliphatic heterocycles. The van der Waals surface area contributed by atoms with Gasteiger partial charge in [-0.15, -0.1) is 0 Å². The topological polar surface area (TPSA) is 50.4 Å². The highest BCUT2D eigenvalue weighted by Crippen LogP contribution is 2.24. The summed E-state index contributed by atoms with van der Waals surface area (Å²) < 4.78 is 0. The third-order valence-electron chi connectivity index (χ3n) is 3.74. The second-order valence-corrected chi connectivity index (χ2v) is 5.56. The number of nitrogens with one attached hydrogen (secondary N) is 1. The lowest BCUT2D eigenvalue weighted by Crippen LogP contribution is -2.43. The Kier molecular flexibility index (Phi) is 5.67. The van der Waals surface area contributed by atoms with Gasteiger partial charge in [0, 0.05) is 5.02 Å². The van der Waals surface area contributed by atoms with Crippen molar-refractivity contribution < 1.29 is 0 Å². The lowest BCUT2D eigenvalue weighted by Gasteiger charge is -2.27. The number of aliphatic imine (C=N–C) groups is 1. The Morgan fingerprint density at radius 2 is 2.05 bits per heavy atom. The fourth-order valence-electron chi connectivity index (χ4n) is 2.54. The van der Waals surface area contributed by atoms with Crippen molar-refractivity contribution in [2.45, 2.75) is 44.8 Å². The Bertz CT molecular complexity index is 414. The van der Waals surface area contributed by atoms with Gasteiger partial charge in [-0.1, -0.05) is 49.1 Å². The van der Waals surface area contributed by atoms with E-state index in [-0.39, 0.29) is 6.17 Å². The number of nitrogens with zero attached hydrogens (tertiary/aromatic N) is 1. The van der Waals surface area contributed by atoms with Gasteiger partial charge in [0.25, 0.3) is 0 Å². The summed E-state index contributed by atoms with van der Waals surface area (Å²) in [5.74, 6) is 0.584. The van der Waals surface area contributed by atoms with E-state index in [1.807, 2.05) is 24.3 Å². The molecule has 1 saturated carbocycles. The van der Waals surface area contributed by atoms with Crippen LogP contribution in [-0.4, -0.2) is 12.5 Å². The largest absolute Gasteiger partial charge is 0.361 e. The zero-order chi connectivity index (χ0) is 13.5. The molecule has 1 unspecified atom stereocenters. The maximum absolute atomic E-state index is 6.13. The Balaban J connectivity index is 1.75. The molecule has 0 heterocycles. The summed E-state index contributed by atoms with van der Waals surface area (Å²) in [5, 5.41) is 3.95. The van der Waals surface area contributed by atoms with E-state index in [4.69, 9.17) is 17.3 Å². The average Bonchev–Trinajstić information content (AvgIpc) is 2.46. The highest BCUT2D eigenvalue weighted by Gasteiger charge is 2.19. The van der Waals surface area contributed by atoms with E-state index >= 15 is 0 Å². The zero-order valence-electron chi connectivity index (χ0n) is 11.2. The number of nitrogens with two attached hydrogens (primary N) is 1. The fraction of sp³-hybridized carbons (Fsp3) is 0.533. The van der Waals surface area contributed by atoms with E-state index in [2.05, 4.69) is 10.3 Å². The molecule has 1 aromatic carbocycles. The van der Waals surface area contributed by atoms with E-state index in [1.54, 1.807) is 6.34 Å². The third-order valence-corrected chi connectivity index (χ3v) is 4.10. The second kappa shape index (κ2) is 7.51. The van der Waals surface area contributed by atoms with Gasteiger partial charge < -0.3 is 11.1 Å². The van der Waals surface area contributed by atoms with Gasteiger partial charge in [0.05, 0.1) is 19.0 Å². The van der Waals surface area contributed by atoms with Crippen LogP contribution in [0.2, 0.25) is 5.02 Å². The molecule has 2 rings (SSSR count). The minimum atomic E-state index is 0.0234. The van der Waals surface area contributed by atoms with Gasteiger partial charge in [0.15, 0.2) is 0 Å². The predicted molar refractivity (Wildman–Crippen MR) is 81.3 cm³/mol. The molecule has 1 aromatic rings.